The number of benzene rings is 1. The van der Waals surface area contributed by atoms with E-state index < -0.39 is 0 Å². The van der Waals surface area contributed by atoms with Gasteiger partial charge in [0.2, 0.25) is 5.91 Å². The van der Waals surface area contributed by atoms with E-state index in [9.17, 15) is 4.79 Å². The molecule has 0 radical (unpaired) electrons. The molecule has 0 spiro atoms. The lowest BCUT2D eigenvalue weighted by Gasteiger charge is -2.31. The Morgan fingerprint density at radius 1 is 1.36 bits per heavy atom. The number of likely N-dealkylation sites (tertiary alicyclic amines) is 1. The normalized spacial score (nSPS) is 16.6. The molecule has 0 atom stereocenters. The molecule has 1 aliphatic rings. The number of aryl methyl sites for hydroxylation is 1. The van der Waals surface area contributed by atoms with Gasteiger partial charge in [-0.3, -0.25) is 9.69 Å². The van der Waals surface area contributed by atoms with Gasteiger partial charge < -0.3 is 10.1 Å². The lowest BCUT2D eigenvalue weighted by Crippen LogP contribution is -2.40. The molecule has 1 aromatic rings. The fourth-order valence-corrected chi connectivity index (χ4v) is 2.99. The maximum absolute atomic E-state index is 12.1. The quantitative estimate of drug-likeness (QED) is 0.786. The molecule has 1 amide bonds. The van der Waals surface area contributed by atoms with E-state index in [1.54, 1.807) is 7.11 Å². The number of amides is 1. The highest BCUT2D eigenvalue weighted by molar-refractivity contribution is 5.78. The van der Waals surface area contributed by atoms with E-state index in [1.165, 1.54) is 11.1 Å². The minimum Gasteiger partial charge on any atom is -0.385 e. The van der Waals surface area contributed by atoms with Gasteiger partial charge >= 0.3 is 0 Å². The SMILES string of the molecule is COCCCNC(=O)C1CCN(Cc2cccc(C)c2)CC1. The minimum atomic E-state index is 0.177. The monoisotopic (exact) mass is 304 g/mol. The van der Waals surface area contributed by atoms with Gasteiger partial charge in [-0.1, -0.05) is 29.8 Å². The largest absolute Gasteiger partial charge is 0.385 e. The van der Waals surface area contributed by atoms with Crippen LogP contribution in [-0.4, -0.2) is 44.2 Å². The van der Waals surface area contributed by atoms with Crippen LogP contribution in [-0.2, 0) is 16.1 Å². The highest BCUT2D eigenvalue weighted by atomic mass is 16.5. The van der Waals surface area contributed by atoms with Crippen molar-refractivity contribution in [2.45, 2.75) is 32.7 Å². The predicted octanol–water partition coefficient (Wildman–Crippen LogP) is 2.36. The van der Waals surface area contributed by atoms with E-state index >= 15 is 0 Å². The molecule has 1 aliphatic heterocycles. The topological polar surface area (TPSA) is 41.6 Å². The van der Waals surface area contributed by atoms with Gasteiger partial charge in [-0.05, 0) is 44.8 Å². The molecule has 1 aromatic carbocycles. The first-order valence-electron chi connectivity index (χ1n) is 8.23. The summed E-state index contributed by atoms with van der Waals surface area (Å²) in [7, 11) is 1.69. The number of carbonyl (C=O) groups excluding carboxylic acids is 1. The van der Waals surface area contributed by atoms with Gasteiger partial charge in [-0.15, -0.1) is 0 Å². The molecule has 1 heterocycles. The van der Waals surface area contributed by atoms with Crippen LogP contribution < -0.4 is 5.32 Å². The van der Waals surface area contributed by atoms with Crippen molar-refractivity contribution >= 4 is 5.91 Å². The highest BCUT2D eigenvalue weighted by Crippen LogP contribution is 2.19. The van der Waals surface area contributed by atoms with Gasteiger partial charge in [-0.25, -0.2) is 0 Å². The maximum Gasteiger partial charge on any atom is 0.223 e. The number of hydrogen-bond donors (Lipinski definition) is 1. The summed E-state index contributed by atoms with van der Waals surface area (Å²) < 4.78 is 4.99. The molecule has 0 aliphatic carbocycles. The molecular formula is C18H28N2O2. The van der Waals surface area contributed by atoms with E-state index in [2.05, 4.69) is 41.4 Å². The average Bonchev–Trinajstić information content (AvgIpc) is 2.52. The molecule has 0 aromatic heterocycles. The summed E-state index contributed by atoms with van der Waals surface area (Å²) >= 11 is 0. The van der Waals surface area contributed by atoms with Crippen LogP contribution in [0, 0.1) is 12.8 Å². The summed E-state index contributed by atoms with van der Waals surface area (Å²) in [6.07, 6.45) is 2.80. The third-order valence-electron chi connectivity index (χ3n) is 4.27. The number of ether oxygens (including phenoxy) is 1. The molecule has 1 saturated heterocycles. The van der Waals surface area contributed by atoms with Crippen molar-refractivity contribution in [2.75, 3.05) is 33.4 Å². The second-order valence-electron chi connectivity index (χ2n) is 6.18. The lowest BCUT2D eigenvalue weighted by atomic mass is 9.95. The minimum absolute atomic E-state index is 0.177. The average molecular weight is 304 g/mol. The zero-order valence-corrected chi connectivity index (χ0v) is 13.8. The van der Waals surface area contributed by atoms with Crippen LogP contribution in [0.25, 0.3) is 0 Å². The maximum atomic E-state index is 12.1. The van der Waals surface area contributed by atoms with Crippen molar-refractivity contribution in [3.05, 3.63) is 35.4 Å². The standard InChI is InChI=1S/C18H28N2O2/c1-15-5-3-6-16(13-15)14-20-10-7-17(8-11-20)18(21)19-9-4-12-22-2/h3,5-6,13,17H,4,7-12,14H2,1-2H3,(H,19,21). The summed E-state index contributed by atoms with van der Waals surface area (Å²) in [6, 6.07) is 8.67. The third-order valence-corrected chi connectivity index (χ3v) is 4.27. The molecule has 1 N–H and O–H groups in total. The Labute approximate surface area is 133 Å². The Kier molecular flexibility index (Phi) is 6.87. The highest BCUT2D eigenvalue weighted by Gasteiger charge is 2.24. The Balaban J connectivity index is 1.70. The van der Waals surface area contributed by atoms with Gasteiger partial charge in [0.25, 0.3) is 0 Å². The first kappa shape index (κ1) is 17.0. The van der Waals surface area contributed by atoms with E-state index in [-0.39, 0.29) is 11.8 Å². The molecule has 4 nitrogen and oxygen atoms in total. The van der Waals surface area contributed by atoms with Crippen molar-refractivity contribution < 1.29 is 9.53 Å². The van der Waals surface area contributed by atoms with Crippen LogP contribution in [0.15, 0.2) is 24.3 Å². The molecule has 0 bridgehead atoms. The number of hydrogen-bond acceptors (Lipinski definition) is 3. The van der Waals surface area contributed by atoms with Crippen molar-refractivity contribution in [2.24, 2.45) is 5.92 Å². The summed E-state index contributed by atoms with van der Waals surface area (Å²) in [5.74, 6) is 0.391. The first-order chi connectivity index (χ1) is 10.7. The molecular weight excluding hydrogens is 276 g/mol. The molecule has 122 valence electrons. The van der Waals surface area contributed by atoms with Crippen LogP contribution >= 0.6 is 0 Å². The third kappa shape index (κ3) is 5.43. The number of piperidine rings is 1. The summed E-state index contributed by atoms with van der Waals surface area (Å²) in [6.45, 7) is 6.55. The summed E-state index contributed by atoms with van der Waals surface area (Å²) in [4.78, 5) is 14.5. The van der Waals surface area contributed by atoms with Crippen molar-refractivity contribution in [1.82, 2.24) is 10.2 Å². The smallest absolute Gasteiger partial charge is 0.223 e. The Bertz CT molecular complexity index is 468. The van der Waals surface area contributed by atoms with Crippen molar-refractivity contribution in [3.8, 4) is 0 Å². The second-order valence-corrected chi connectivity index (χ2v) is 6.18. The molecule has 0 saturated carbocycles. The van der Waals surface area contributed by atoms with E-state index in [0.717, 1.165) is 45.4 Å². The molecule has 22 heavy (non-hydrogen) atoms. The van der Waals surface area contributed by atoms with Crippen molar-refractivity contribution in [3.63, 3.8) is 0 Å². The molecule has 4 heteroatoms. The number of nitrogens with zero attached hydrogens (tertiary/aromatic N) is 1. The number of carbonyl (C=O) groups is 1. The zero-order valence-electron chi connectivity index (χ0n) is 13.8. The van der Waals surface area contributed by atoms with Gasteiger partial charge in [0, 0.05) is 32.7 Å². The number of methoxy groups -OCH3 is 1. The van der Waals surface area contributed by atoms with Gasteiger partial charge in [0.1, 0.15) is 0 Å². The first-order valence-corrected chi connectivity index (χ1v) is 8.23. The second kappa shape index (κ2) is 8.91. The van der Waals surface area contributed by atoms with Crippen LogP contribution in [0.2, 0.25) is 0 Å². The molecule has 0 unspecified atom stereocenters. The van der Waals surface area contributed by atoms with E-state index in [4.69, 9.17) is 4.74 Å². The zero-order chi connectivity index (χ0) is 15.8. The van der Waals surface area contributed by atoms with E-state index in [1.807, 2.05) is 0 Å². The van der Waals surface area contributed by atoms with Crippen LogP contribution in [0.4, 0.5) is 0 Å². The fraction of sp³-hybridized carbons (Fsp3) is 0.611. The van der Waals surface area contributed by atoms with E-state index in [0.29, 0.717) is 6.61 Å². The fourth-order valence-electron chi connectivity index (χ4n) is 2.99. The van der Waals surface area contributed by atoms with Crippen LogP contribution in [0.5, 0.6) is 0 Å². The summed E-state index contributed by atoms with van der Waals surface area (Å²) in [5, 5.41) is 3.02. The number of nitrogens with one attached hydrogen (secondary N) is 1. The predicted molar refractivity (Wildman–Crippen MR) is 88.7 cm³/mol. The Morgan fingerprint density at radius 2 is 2.14 bits per heavy atom. The number of rotatable bonds is 7. The van der Waals surface area contributed by atoms with Crippen molar-refractivity contribution in [1.29, 1.82) is 0 Å². The van der Waals surface area contributed by atoms with Gasteiger partial charge in [0.15, 0.2) is 0 Å². The van der Waals surface area contributed by atoms with Gasteiger partial charge in [-0.2, -0.15) is 0 Å². The Morgan fingerprint density at radius 3 is 2.82 bits per heavy atom. The van der Waals surface area contributed by atoms with Crippen LogP contribution in [0.3, 0.4) is 0 Å². The molecule has 1 fully saturated rings. The van der Waals surface area contributed by atoms with Gasteiger partial charge in [0.05, 0.1) is 0 Å². The lowest BCUT2D eigenvalue weighted by molar-refractivity contribution is -0.126. The molecule has 2 rings (SSSR count). The Hall–Kier alpha value is -1.39. The van der Waals surface area contributed by atoms with Crippen LogP contribution in [0.1, 0.15) is 30.4 Å². The summed E-state index contributed by atoms with van der Waals surface area (Å²) in [5.41, 5.74) is 2.67.